The summed E-state index contributed by atoms with van der Waals surface area (Å²) in [6.45, 7) is 0. The molecular formula is C16H21ClN2OS. The van der Waals surface area contributed by atoms with Crippen molar-refractivity contribution < 1.29 is 4.79 Å². The fraction of sp³-hybridized carbons (Fsp3) is 0.500. The first-order chi connectivity index (χ1) is 10.1. The van der Waals surface area contributed by atoms with Gasteiger partial charge in [0.05, 0.1) is 10.7 Å². The third-order valence-electron chi connectivity index (χ3n) is 3.98. The summed E-state index contributed by atoms with van der Waals surface area (Å²) >= 11 is 11.1. The standard InChI is InChI=1S/C16H21ClN2OS/c17-13-9-8-12(15(18)21)10-14(13)19-16(20)11-6-4-2-1-3-5-7-11/h8-11H,1-7H2,(H2,18,21)(H,19,20). The van der Waals surface area contributed by atoms with Gasteiger partial charge in [-0.25, -0.2) is 0 Å². The zero-order valence-electron chi connectivity index (χ0n) is 12.0. The van der Waals surface area contributed by atoms with Crippen molar-refractivity contribution in [3.8, 4) is 0 Å². The SMILES string of the molecule is NC(=S)c1ccc(Cl)c(NC(=O)C2CCCCCCC2)c1. The predicted octanol–water partition coefficient (Wildman–Crippen LogP) is 4.27. The van der Waals surface area contributed by atoms with Gasteiger partial charge in [0, 0.05) is 11.5 Å². The molecule has 1 saturated carbocycles. The Morgan fingerprint density at radius 1 is 1.19 bits per heavy atom. The zero-order valence-corrected chi connectivity index (χ0v) is 13.6. The lowest BCUT2D eigenvalue weighted by atomic mass is 9.90. The van der Waals surface area contributed by atoms with E-state index in [2.05, 4.69) is 5.32 Å². The van der Waals surface area contributed by atoms with E-state index in [0.29, 0.717) is 21.3 Å². The van der Waals surface area contributed by atoms with Crippen LogP contribution in [-0.2, 0) is 4.79 Å². The highest BCUT2D eigenvalue weighted by molar-refractivity contribution is 7.80. The highest BCUT2D eigenvalue weighted by Gasteiger charge is 2.20. The van der Waals surface area contributed by atoms with E-state index in [4.69, 9.17) is 29.6 Å². The molecule has 21 heavy (non-hydrogen) atoms. The number of hydrogen-bond acceptors (Lipinski definition) is 2. The monoisotopic (exact) mass is 324 g/mol. The van der Waals surface area contributed by atoms with Gasteiger partial charge in [0.1, 0.15) is 4.99 Å². The van der Waals surface area contributed by atoms with Gasteiger partial charge in [0.25, 0.3) is 0 Å². The van der Waals surface area contributed by atoms with E-state index in [1.54, 1.807) is 18.2 Å². The molecule has 0 aromatic heterocycles. The molecule has 1 amide bonds. The van der Waals surface area contributed by atoms with Crippen molar-refractivity contribution in [1.29, 1.82) is 0 Å². The molecule has 0 heterocycles. The fourth-order valence-electron chi connectivity index (χ4n) is 2.73. The number of nitrogens with two attached hydrogens (primary N) is 1. The lowest BCUT2D eigenvalue weighted by molar-refractivity contribution is -0.120. The number of hydrogen-bond donors (Lipinski definition) is 2. The van der Waals surface area contributed by atoms with Crippen molar-refractivity contribution in [1.82, 2.24) is 0 Å². The number of halogens is 1. The minimum absolute atomic E-state index is 0.0545. The average molecular weight is 325 g/mol. The maximum absolute atomic E-state index is 12.4. The van der Waals surface area contributed by atoms with E-state index in [-0.39, 0.29) is 11.8 Å². The number of carbonyl (C=O) groups excluding carboxylic acids is 1. The minimum atomic E-state index is 0.0545. The Hall–Kier alpha value is -1.13. The molecule has 0 radical (unpaired) electrons. The number of nitrogens with one attached hydrogen (secondary N) is 1. The number of anilines is 1. The van der Waals surface area contributed by atoms with E-state index in [0.717, 1.165) is 25.7 Å². The number of thiocarbonyl (C=S) groups is 1. The molecule has 1 fully saturated rings. The van der Waals surface area contributed by atoms with Crippen molar-refractivity contribution in [3.63, 3.8) is 0 Å². The van der Waals surface area contributed by atoms with Crippen LogP contribution in [0.5, 0.6) is 0 Å². The van der Waals surface area contributed by atoms with E-state index in [1.165, 1.54) is 19.3 Å². The van der Waals surface area contributed by atoms with Crippen LogP contribution in [0.3, 0.4) is 0 Å². The van der Waals surface area contributed by atoms with Crippen LogP contribution in [0.15, 0.2) is 18.2 Å². The molecule has 1 aromatic rings. The van der Waals surface area contributed by atoms with Crippen LogP contribution in [0.2, 0.25) is 5.02 Å². The van der Waals surface area contributed by atoms with Gasteiger partial charge in [-0.3, -0.25) is 4.79 Å². The molecule has 2 rings (SSSR count). The molecule has 0 bridgehead atoms. The molecule has 0 atom stereocenters. The molecule has 3 N–H and O–H groups in total. The van der Waals surface area contributed by atoms with Crippen LogP contribution in [0.1, 0.15) is 50.5 Å². The highest BCUT2D eigenvalue weighted by Crippen LogP contribution is 2.27. The fourth-order valence-corrected chi connectivity index (χ4v) is 3.02. The molecule has 1 aliphatic rings. The maximum Gasteiger partial charge on any atom is 0.227 e. The second kappa shape index (κ2) is 7.76. The van der Waals surface area contributed by atoms with Crippen LogP contribution < -0.4 is 11.1 Å². The van der Waals surface area contributed by atoms with Gasteiger partial charge in [0.2, 0.25) is 5.91 Å². The van der Waals surface area contributed by atoms with E-state index >= 15 is 0 Å². The third-order valence-corrected chi connectivity index (χ3v) is 4.55. The number of amides is 1. The van der Waals surface area contributed by atoms with E-state index < -0.39 is 0 Å². The summed E-state index contributed by atoms with van der Waals surface area (Å²) < 4.78 is 0. The van der Waals surface area contributed by atoms with Crippen molar-refractivity contribution >= 4 is 40.4 Å². The third kappa shape index (κ3) is 4.68. The number of benzene rings is 1. The smallest absolute Gasteiger partial charge is 0.227 e. The van der Waals surface area contributed by atoms with Crippen molar-refractivity contribution in [2.24, 2.45) is 11.7 Å². The summed E-state index contributed by atoms with van der Waals surface area (Å²) in [5.41, 5.74) is 6.92. The first kappa shape index (κ1) is 16.2. The van der Waals surface area contributed by atoms with Crippen molar-refractivity contribution in [3.05, 3.63) is 28.8 Å². The molecule has 1 aromatic carbocycles. The molecule has 114 valence electrons. The minimum Gasteiger partial charge on any atom is -0.389 e. The average Bonchev–Trinajstić information content (AvgIpc) is 2.40. The second-order valence-electron chi connectivity index (χ2n) is 5.59. The summed E-state index contributed by atoms with van der Waals surface area (Å²) in [7, 11) is 0. The van der Waals surface area contributed by atoms with Crippen LogP contribution in [0.4, 0.5) is 5.69 Å². The highest BCUT2D eigenvalue weighted by atomic mass is 35.5. The maximum atomic E-state index is 12.4. The molecule has 1 aliphatic carbocycles. The van der Waals surface area contributed by atoms with Gasteiger partial charge in [-0.05, 0) is 25.0 Å². The summed E-state index contributed by atoms with van der Waals surface area (Å²) in [4.78, 5) is 12.7. The Kier molecular flexibility index (Phi) is 6.00. The first-order valence-corrected chi connectivity index (χ1v) is 8.27. The Morgan fingerprint density at radius 3 is 2.43 bits per heavy atom. The van der Waals surface area contributed by atoms with Crippen LogP contribution >= 0.6 is 23.8 Å². The Labute approximate surface area is 136 Å². The second-order valence-corrected chi connectivity index (χ2v) is 6.44. The van der Waals surface area contributed by atoms with Gasteiger partial charge in [0.15, 0.2) is 0 Å². The summed E-state index contributed by atoms with van der Waals surface area (Å²) in [6, 6.07) is 5.21. The quantitative estimate of drug-likeness (QED) is 0.816. The van der Waals surface area contributed by atoms with Gasteiger partial charge in [-0.15, -0.1) is 0 Å². The van der Waals surface area contributed by atoms with Gasteiger partial charge < -0.3 is 11.1 Å². The van der Waals surface area contributed by atoms with Gasteiger partial charge in [-0.1, -0.05) is 62.0 Å². The van der Waals surface area contributed by atoms with E-state index in [1.807, 2.05) is 0 Å². The molecule has 3 nitrogen and oxygen atoms in total. The first-order valence-electron chi connectivity index (χ1n) is 7.48. The molecule has 0 saturated heterocycles. The molecule has 0 spiro atoms. The summed E-state index contributed by atoms with van der Waals surface area (Å²) in [6.07, 6.45) is 7.90. The van der Waals surface area contributed by atoms with Crippen molar-refractivity contribution in [2.45, 2.75) is 44.9 Å². The van der Waals surface area contributed by atoms with E-state index in [9.17, 15) is 4.79 Å². The van der Waals surface area contributed by atoms with Crippen LogP contribution in [0.25, 0.3) is 0 Å². The largest absolute Gasteiger partial charge is 0.389 e. The normalized spacial score (nSPS) is 16.8. The lowest BCUT2D eigenvalue weighted by Gasteiger charge is -2.19. The summed E-state index contributed by atoms with van der Waals surface area (Å²) in [5.74, 6) is 0.133. The zero-order chi connectivity index (χ0) is 15.2. The lowest BCUT2D eigenvalue weighted by Crippen LogP contribution is -2.24. The van der Waals surface area contributed by atoms with Gasteiger partial charge in [-0.2, -0.15) is 0 Å². The van der Waals surface area contributed by atoms with Crippen molar-refractivity contribution in [2.75, 3.05) is 5.32 Å². The Bertz CT molecular complexity index is 525. The molecular weight excluding hydrogens is 304 g/mol. The molecule has 0 aliphatic heterocycles. The molecule has 5 heteroatoms. The topological polar surface area (TPSA) is 55.1 Å². The predicted molar refractivity (Wildman–Crippen MR) is 91.8 cm³/mol. The molecule has 0 unspecified atom stereocenters. The summed E-state index contributed by atoms with van der Waals surface area (Å²) in [5, 5.41) is 3.45. The number of rotatable bonds is 3. The Balaban J connectivity index is 2.07. The van der Waals surface area contributed by atoms with Crippen LogP contribution in [0, 0.1) is 5.92 Å². The van der Waals surface area contributed by atoms with Crippen LogP contribution in [-0.4, -0.2) is 10.9 Å². The van der Waals surface area contributed by atoms with Gasteiger partial charge >= 0.3 is 0 Å². The number of carbonyl (C=O) groups is 1. The Morgan fingerprint density at radius 2 is 1.81 bits per heavy atom.